The van der Waals surface area contributed by atoms with Crippen molar-refractivity contribution in [2.24, 2.45) is 0 Å². The van der Waals surface area contributed by atoms with Crippen LogP contribution in [0.4, 0.5) is 4.39 Å². The molecule has 1 radical (unpaired) electrons. The quantitative estimate of drug-likeness (QED) is 0.762. The number of unbranched alkanes of at least 4 members (excludes halogenated alkanes) is 1. The first-order chi connectivity index (χ1) is 6.81. The van der Waals surface area contributed by atoms with Gasteiger partial charge < -0.3 is 4.98 Å². The van der Waals surface area contributed by atoms with Gasteiger partial charge in [-0.3, -0.25) is 0 Å². The first kappa shape index (κ1) is 9.25. The third-order valence-electron chi connectivity index (χ3n) is 2.43. The van der Waals surface area contributed by atoms with Crippen molar-refractivity contribution in [2.75, 3.05) is 0 Å². The van der Waals surface area contributed by atoms with Crippen molar-refractivity contribution >= 4 is 10.9 Å². The zero-order valence-electron chi connectivity index (χ0n) is 8.18. The monoisotopic (exact) mass is 190 g/mol. The van der Waals surface area contributed by atoms with Crippen LogP contribution in [-0.2, 0) is 6.42 Å². The highest BCUT2D eigenvalue weighted by atomic mass is 19.1. The summed E-state index contributed by atoms with van der Waals surface area (Å²) in [6, 6.07) is 4.86. The smallest absolute Gasteiger partial charge is 0.123 e. The van der Waals surface area contributed by atoms with Gasteiger partial charge in [-0.05, 0) is 43.0 Å². The van der Waals surface area contributed by atoms with Crippen molar-refractivity contribution < 1.29 is 4.39 Å². The molecule has 0 unspecified atom stereocenters. The summed E-state index contributed by atoms with van der Waals surface area (Å²) in [5.41, 5.74) is 2.20. The summed E-state index contributed by atoms with van der Waals surface area (Å²) in [7, 11) is 0. The lowest BCUT2D eigenvalue weighted by Crippen LogP contribution is -1.82. The fraction of sp³-hybridized carbons (Fsp3) is 0.250. The predicted molar refractivity (Wildman–Crippen MR) is 56.6 cm³/mol. The largest absolute Gasteiger partial charge is 0.361 e. The normalized spacial score (nSPS) is 11.0. The summed E-state index contributed by atoms with van der Waals surface area (Å²) in [5.74, 6) is -0.168. The van der Waals surface area contributed by atoms with Crippen LogP contribution in [0.2, 0.25) is 0 Å². The Kier molecular flexibility index (Phi) is 2.53. The molecule has 2 heteroatoms. The molecule has 1 N–H and O–H groups in total. The van der Waals surface area contributed by atoms with Crippen molar-refractivity contribution in [1.29, 1.82) is 0 Å². The number of H-pyrrole nitrogens is 1. The molecule has 1 heterocycles. The third-order valence-corrected chi connectivity index (χ3v) is 2.43. The summed E-state index contributed by atoms with van der Waals surface area (Å²) < 4.78 is 13.0. The highest BCUT2D eigenvalue weighted by molar-refractivity contribution is 5.83. The Morgan fingerprint density at radius 3 is 3.07 bits per heavy atom. The highest BCUT2D eigenvalue weighted by Crippen LogP contribution is 2.20. The Morgan fingerprint density at radius 1 is 1.43 bits per heavy atom. The fourth-order valence-corrected chi connectivity index (χ4v) is 1.66. The van der Waals surface area contributed by atoms with Crippen LogP contribution in [0.25, 0.3) is 10.9 Å². The zero-order chi connectivity index (χ0) is 9.97. The molecule has 0 atom stereocenters. The van der Waals surface area contributed by atoms with Crippen LogP contribution in [0.5, 0.6) is 0 Å². The molecule has 0 saturated heterocycles. The van der Waals surface area contributed by atoms with Gasteiger partial charge >= 0.3 is 0 Å². The molecule has 0 aliphatic heterocycles. The number of aryl methyl sites for hydroxylation is 1. The number of rotatable bonds is 3. The minimum atomic E-state index is -0.168. The van der Waals surface area contributed by atoms with Crippen LogP contribution in [0.15, 0.2) is 24.4 Å². The number of hydrogen-bond acceptors (Lipinski definition) is 0. The third kappa shape index (κ3) is 1.65. The molecule has 1 nitrogen and oxygen atoms in total. The second-order valence-electron chi connectivity index (χ2n) is 3.45. The van der Waals surface area contributed by atoms with Gasteiger partial charge in [-0.2, -0.15) is 0 Å². The molecule has 0 fully saturated rings. The average molecular weight is 190 g/mol. The molecule has 1 aromatic heterocycles. The van der Waals surface area contributed by atoms with E-state index in [1.54, 1.807) is 12.1 Å². The van der Waals surface area contributed by atoms with Crippen molar-refractivity contribution in [3.05, 3.63) is 42.2 Å². The van der Waals surface area contributed by atoms with Crippen LogP contribution in [0, 0.1) is 12.2 Å². The van der Waals surface area contributed by atoms with Gasteiger partial charge in [0.15, 0.2) is 0 Å². The number of hydrogen-bond donors (Lipinski definition) is 1. The topological polar surface area (TPSA) is 15.8 Å². The number of nitrogens with one attached hydrogen (secondary N) is 1. The maximum absolute atomic E-state index is 13.0. The van der Waals surface area contributed by atoms with E-state index in [0.29, 0.717) is 0 Å². The van der Waals surface area contributed by atoms with E-state index < -0.39 is 0 Å². The van der Waals surface area contributed by atoms with Crippen LogP contribution < -0.4 is 0 Å². The maximum atomic E-state index is 13.0. The number of benzene rings is 1. The molecule has 0 amide bonds. The predicted octanol–water partition coefficient (Wildman–Crippen LogP) is 3.46. The van der Waals surface area contributed by atoms with Crippen molar-refractivity contribution in [3.63, 3.8) is 0 Å². The molecular weight excluding hydrogens is 177 g/mol. The molecule has 14 heavy (non-hydrogen) atoms. The second kappa shape index (κ2) is 3.82. The van der Waals surface area contributed by atoms with Gasteiger partial charge in [0, 0.05) is 17.1 Å². The molecule has 0 aliphatic carbocycles. The van der Waals surface area contributed by atoms with E-state index in [0.717, 1.165) is 23.7 Å². The van der Waals surface area contributed by atoms with E-state index in [4.69, 9.17) is 0 Å². The van der Waals surface area contributed by atoms with Gasteiger partial charge in [-0.25, -0.2) is 4.39 Å². The van der Waals surface area contributed by atoms with Crippen LogP contribution >= 0.6 is 0 Å². The Labute approximate surface area is 82.9 Å². The number of fused-ring (bicyclic) bond motifs is 1. The van der Waals surface area contributed by atoms with E-state index in [-0.39, 0.29) is 5.82 Å². The molecule has 0 bridgehead atoms. The lowest BCUT2D eigenvalue weighted by Gasteiger charge is -1.96. The second-order valence-corrected chi connectivity index (χ2v) is 3.45. The van der Waals surface area contributed by atoms with Gasteiger partial charge in [-0.15, -0.1) is 0 Å². The first-order valence-corrected chi connectivity index (χ1v) is 4.84. The summed E-state index contributed by atoms with van der Waals surface area (Å²) in [6.07, 6.45) is 6.09. The average Bonchev–Trinajstić information content (AvgIpc) is 2.57. The lowest BCUT2D eigenvalue weighted by atomic mass is 10.1. The zero-order valence-corrected chi connectivity index (χ0v) is 8.18. The molecule has 0 spiro atoms. The Morgan fingerprint density at radius 2 is 2.29 bits per heavy atom. The van der Waals surface area contributed by atoms with E-state index in [1.165, 1.54) is 11.6 Å². The van der Waals surface area contributed by atoms with E-state index in [9.17, 15) is 4.39 Å². The summed E-state index contributed by atoms with van der Waals surface area (Å²) in [5, 5.41) is 1.01. The lowest BCUT2D eigenvalue weighted by molar-refractivity contribution is 0.629. The molecule has 73 valence electrons. The first-order valence-electron chi connectivity index (χ1n) is 4.84. The van der Waals surface area contributed by atoms with Crippen LogP contribution in [-0.4, -0.2) is 4.98 Å². The number of aromatic amines is 1. The molecule has 0 aliphatic rings. The van der Waals surface area contributed by atoms with Crippen LogP contribution in [0.1, 0.15) is 18.9 Å². The standard InChI is InChI=1S/C12H13FN/c1-2-3-4-9-8-14-12-6-5-10(13)7-11(9)12/h2,5-8,14H,3-4H2,1H3. The van der Waals surface area contributed by atoms with Gasteiger partial charge in [0.05, 0.1) is 0 Å². The maximum Gasteiger partial charge on any atom is 0.123 e. The van der Waals surface area contributed by atoms with E-state index in [1.807, 2.05) is 13.1 Å². The summed E-state index contributed by atoms with van der Waals surface area (Å²) in [4.78, 5) is 3.14. The number of aromatic nitrogens is 1. The highest BCUT2D eigenvalue weighted by Gasteiger charge is 2.03. The number of halogens is 1. The minimum Gasteiger partial charge on any atom is -0.361 e. The Bertz CT molecular complexity index is 431. The molecule has 2 rings (SSSR count). The van der Waals surface area contributed by atoms with Gasteiger partial charge in [-0.1, -0.05) is 6.92 Å². The van der Waals surface area contributed by atoms with Crippen molar-refractivity contribution in [3.8, 4) is 0 Å². The summed E-state index contributed by atoms with van der Waals surface area (Å²) in [6.45, 7) is 2.04. The molecule has 2 aromatic rings. The minimum absolute atomic E-state index is 0.168. The van der Waals surface area contributed by atoms with Gasteiger partial charge in [0.2, 0.25) is 0 Å². The SMILES string of the molecule is C[CH]CCc1c[nH]c2ccc(F)cc12. The molecular formula is C12H13FN. The van der Waals surface area contributed by atoms with E-state index >= 15 is 0 Å². The van der Waals surface area contributed by atoms with Crippen LogP contribution in [0.3, 0.4) is 0 Å². The van der Waals surface area contributed by atoms with Crippen molar-refractivity contribution in [2.45, 2.75) is 19.8 Å². The Balaban J connectivity index is 2.40. The van der Waals surface area contributed by atoms with Gasteiger partial charge in [0.1, 0.15) is 5.82 Å². The van der Waals surface area contributed by atoms with E-state index in [2.05, 4.69) is 11.4 Å². The Hall–Kier alpha value is -1.31. The van der Waals surface area contributed by atoms with Gasteiger partial charge in [0.25, 0.3) is 0 Å². The summed E-state index contributed by atoms with van der Waals surface area (Å²) >= 11 is 0. The van der Waals surface area contributed by atoms with Crippen molar-refractivity contribution in [1.82, 2.24) is 4.98 Å². The molecule has 0 saturated carbocycles. The molecule has 1 aromatic carbocycles. The fourth-order valence-electron chi connectivity index (χ4n) is 1.66.